The minimum atomic E-state index is -0.401. The van der Waals surface area contributed by atoms with E-state index in [2.05, 4.69) is 275 Å². The number of para-hydroxylation sites is 1. The van der Waals surface area contributed by atoms with Crippen molar-refractivity contribution >= 4 is 61.2 Å². The number of aryl methyl sites for hydroxylation is 2. The zero-order valence-electron chi connectivity index (χ0n) is 75.5. The van der Waals surface area contributed by atoms with Crippen LogP contribution < -0.4 is 14.9 Å². The molecule has 3 radical (unpaired) electrons. The first kappa shape index (κ1) is 92.6. The fraction of sp³-hybridized carbons (Fsp3) is 0.162. The van der Waals surface area contributed by atoms with Gasteiger partial charge < -0.3 is 49.6 Å². The van der Waals surface area contributed by atoms with E-state index in [9.17, 15) is 0 Å². The third kappa shape index (κ3) is 18.2. The van der Waals surface area contributed by atoms with Gasteiger partial charge in [0.25, 0.3) is 0 Å². The first-order chi connectivity index (χ1) is 65.3. The van der Waals surface area contributed by atoms with Crippen molar-refractivity contribution in [1.82, 2.24) is 64.6 Å². The van der Waals surface area contributed by atoms with Crippen LogP contribution in [0.15, 0.2) is 364 Å². The zero-order valence-corrected chi connectivity index (χ0v) is 81.3. The predicted octanol–water partition coefficient (Wildman–Crippen LogP) is 25.7. The number of rotatable bonds is 12. The first-order valence-corrected chi connectivity index (χ1v) is 45.9. The summed E-state index contributed by atoms with van der Waals surface area (Å²) in [6, 6.07) is 131. The quantitative estimate of drug-likeness (QED) is 0.0862. The maximum Gasteiger partial charge on any atom is 2.00 e. The number of nitrogens with zero attached hydrogens (tertiary/aromatic N) is 14. The average Bonchev–Trinajstić information content (AvgIpc) is 1.52. The molecule has 2 aliphatic heterocycles. The molecule has 2 N–H and O–H groups in total. The molecular weight excluding hydrogens is 2080 g/mol. The van der Waals surface area contributed by atoms with Crippen LogP contribution in [-0.4, -0.2) is 77.1 Å². The Kier molecular flexibility index (Phi) is 27.8. The van der Waals surface area contributed by atoms with Crippen LogP contribution in [0.3, 0.4) is 0 Å². The Morgan fingerprint density at radius 3 is 1.20 bits per heavy atom. The van der Waals surface area contributed by atoms with E-state index in [4.69, 9.17) is 50.1 Å². The standard InChI is InChI=1S/C43H31N.C32H16N8.C19H22N3.C18H15N2.C5H12O2.Cu.2Ir/c1-4-14-32(15-5-1)33-24-28-37(29-25-33)44(36-18-8-3-9-19-36)38-30-26-35(27-31-38)43(34-16-6-2-7-17-34)41-22-12-10-20-39(41)40-21-11-13-23-42(40)43;1-2-10-18-17(9-1)25-33-26(18)38-28-21-13-5-6-14-22(21)30(35-28)40-32-24-16-8-7-15-23(24)31(36-32)39-29-20-12-4-3-11-19(20)27(34-29)37-25;1-12-20-21-19(15-5-3-2-4-6-15)22(12)18-16-8-13-7-14(10-16)11-17(18)9-13;1-13-8-6-7-11-16(13)18-14(2)17(19-12-20-18)15-9-4-3-5-10-15;1-4(6)3-5(2)7;;;/h1-31H;1-16H;2-5,13-14,16-18H,7-11H2,1H3;3-9,11-12H,1-2H3;4-7H,3H2,1-2H3;;;/q;-2;2*-1;;+2;;. The van der Waals surface area contributed by atoms with Crippen molar-refractivity contribution in [2.75, 3.05) is 4.90 Å². The summed E-state index contributed by atoms with van der Waals surface area (Å²) in [6.07, 6.45) is 8.55. The Bertz CT molecular complexity index is 7240. The number of hydrogen-bond acceptors (Lipinski definition) is 13. The van der Waals surface area contributed by atoms with Crippen molar-refractivity contribution in [3.8, 4) is 102 Å². The van der Waals surface area contributed by atoms with Crippen molar-refractivity contribution in [3.05, 3.63) is 416 Å². The van der Waals surface area contributed by atoms with E-state index in [1.165, 1.54) is 82.2 Å². The zero-order chi connectivity index (χ0) is 90.0. The van der Waals surface area contributed by atoms with Gasteiger partial charge in [0.05, 0.1) is 52.4 Å². The molecule has 5 aliphatic carbocycles. The van der Waals surface area contributed by atoms with E-state index in [1.807, 2.05) is 146 Å². The number of aromatic nitrogens is 13. The van der Waals surface area contributed by atoms with Gasteiger partial charge in [0.15, 0.2) is 0 Å². The molecule has 4 fully saturated rings. The van der Waals surface area contributed by atoms with Crippen molar-refractivity contribution < 1.29 is 67.5 Å². The second-order valence-corrected chi connectivity index (χ2v) is 35.4. The van der Waals surface area contributed by atoms with E-state index >= 15 is 0 Å². The monoisotopic (exact) mass is 2180 g/mol. The Morgan fingerprint density at radius 2 is 0.750 bits per heavy atom. The van der Waals surface area contributed by atoms with Crippen LogP contribution in [0.2, 0.25) is 0 Å². The van der Waals surface area contributed by atoms with Gasteiger partial charge in [-0.2, -0.15) is 5.10 Å². The molecule has 136 heavy (non-hydrogen) atoms. The molecule has 7 aliphatic rings. The van der Waals surface area contributed by atoms with Gasteiger partial charge in [0.1, 0.15) is 12.2 Å². The van der Waals surface area contributed by atoms with Crippen molar-refractivity contribution in [1.29, 1.82) is 0 Å². The van der Waals surface area contributed by atoms with Gasteiger partial charge in [-0.3, -0.25) is 4.98 Å². The fourth-order valence-corrected chi connectivity index (χ4v) is 21.1. The molecule has 7 heterocycles. The second kappa shape index (κ2) is 40.8. The number of fused-ring (bicyclic) bond motifs is 23. The van der Waals surface area contributed by atoms with Gasteiger partial charge in [-0.05, 0) is 216 Å². The fourth-order valence-electron chi connectivity index (χ4n) is 21.1. The normalized spacial score (nSPS) is 16.0. The van der Waals surface area contributed by atoms with Crippen LogP contribution in [0.5, 0.6) is 0 Å². The maximum absolute atomic E-state index is 8.56. The molecule has 0 spiro atoms. The minimum Gasteiger partial charge on any atom is -0.393 e. The van der Waals surface area contributed by atoms with E-state index in [1.54, 1.807) is 20.2 Å². The summed E-state index contributed by atoms with van der Waals surface area (Å²) in [5.74, 6) is 7.99. The topological polar surface area (TPSA) is 206 Å². The molecule has 0 saturated heterocycles. The van der Waals surface area contributed by atoms with Gasteiger partial charge in [0.2, 0.25) is 0 Å². The van der Waals surface area contributed by atoms with Crippen LogP contribution in [0.1, 0.15) is 97.6 Å². The average molecular weight is 2180 g/mol. The largest absolute Gasteiger partial charge is 2.00 e. The third-order valence-corrected chi connectivity index (χ3v) is 26.7. The van der Waals surface area contributed by atoms with Crippen LogP contribution in [0.25, 0.3) is 146 Å². The molecule has 2 unspecified atom stereocenters. The van der Waals surface area contributed by atoms with Crippen LogP contribution in [0.4, 0.5) is 17.1 Å². The molecular formula is C117H96CuIr2N14O2-2. The molecule has 2 atom stereocenters. The summed E-state index contributed by atoms with van der Waals surface area (Å²) in [7, 11) is 0. The van der Waals surface area contributed by atoms with Gasteiger partial charge in [-0.15, -0.1) is 76.9 Å². The molecule has 12 bridgehead atoms. The molecule has 5 aromatic heterocycles. The molecule has 0 amide bonds. The number of hydrogen-bond donors (Lipinski definition) is 2. The van der Waals surface area contributed by atoms with Crippen molar-refractivity contribution in [3.63, 3.8) is 0 Å². The van der Waals surface area contributed by atoms with Crippen LogP contribution >= 0.6 is 0 Å². The number of aliphatic hydroxyl groups excluding tert-OH is 2. The Balaban J connectivity index is 0.000000122. The van der Waals surface area contributed by atoms with E-state index < -0.39 is 5.41 Å². The Hall–Kier alpha value is -13.8. The van der Waals surface area contributed by atoms with E-state index in [0.717, 1.165) is 130 Å². The van der Waals surface area contributed by atoms with E-state index in [0.29, 0.717) is 58.3 Å². The molecule has 4 saturated carbocycles. The Morgan fingerprint density at radius 1 is 0.375 bits per heavy atom. The maximum atomic E-state index is 8.56. The number of aliphatic hydroxyl groups is 2. The third-order valence-electron chi connectivity index (χ3n) is 26.7. The number of anilines is 3. The summed E-state index contributed by atoms with van der Waals surface area (Å²) >= 11 is 0. The summed E-state index contributed by atoms with van der Waals surface area (Å²) < 4.78 is 2.46. The van der Waals surface area contributed by atoms with Crippen LogP contribution in [-0.2, 0) is 62.7 Å². The Labute approximate surface area is 829 Å². The predicted molar refractivity (Wildman–Crippen MR) is 532 cm³/mol. The number of benzene rings is 14. The molecule has 677 valence electrons. The van der Waals surface area contributed by atoms with Crippen LogP contribution in [0, 0.1) is 56.6 Å². The molecule has 19 aromatic rings. The van der Waals surface area contributed by atoms with Gasteiger partial charge in [-0.1, -0.05) is 273 Å². The van der Waals surface area contributed by atoms with Gasteiger partial charge in [0, 0.05) is 114 Å². The molecule has 19 heteroatoms. The van der Waals surface area contributed by atoms with Crippen molar-refractivity contribution in [2.24, 2.45) is 23.7 Å². The molecule has 14 aromatic carbocycles. The SMILES string of the molecule is CC(O)CC(C)O.Cc1ccccc1-c1ncnc(-c2[c-]cccc2)c1C.Cc1nnc(-c2[c-]cccc2)n1C1C2CC3CC(C2)CC1C3.[Cu+2].[Ir].[Ir].c1ccc(-c2ccc(N(c3ccccc3)c3ccc(C4(c5ccccc5)c5ccccc5-c5ccccc54)cc3)cc2)cc1.c1ccc2c(c1)-c1nc-2nc2[n-]c(nc3nc(nc4[n-]c(n1)c1ccccc41)-c1ccccc1-3)c1ccccc21. The second-order valence-electron chi connectivity index (χ2n) is 35.4. The summed E-state index contributed by atoms with van der Waals surface area (Å²) in [5.41, 5.74) is 26.5. The molecule has 26 rings (SSSR count). The van der Waals surface area contributed by atoms with E-state index in [-0.39, 0.29) is 69.5 Å². The summed E-state index contributed by atoms with van der Waals surface area (Å²) in [6.45, 7) is 9.60. The summed E-state index contributed by atoms with van der Waals surface area (Å²) in [4.78, 5) is 50.5. The minimum absolute atomic E-state index is 0. The smallest absolute Gasteiger partial charge is 0.393 e. The summed E-state index contributed by atoms with van der Waals surface area (Å²) in [5, 5.41) is 29.6. The molecule has 16 nitrogen and oxygen atoms in total. The first-order valence-electron chi connectivity index (χ1n) is 45.9. The van der Waals surface area contributed by atoms with Crippen molar-refractivity contribution in [2.45, 2.75) is 96.8 Å². The van der Waals surface area contributed by atoms with Gasteiger partial charge in [-0.25, -0.2) is 15.0 Å². The van der Waals surface area contributed by atoms with Gasteiger partial charge >= 0.3 is 17.1 Å².